The molecule has 0 aliphatic rings. The molecule has 0 saturated heterocycles. The molecule has 2 rings (SSSR count). The van der Waals surface area contributed by atoms with E-state index in [1.165, 1.54) is 16.7 Å². The van der Waals surface area contributed by atoms with Gasteiger partial charge in [-0.2, -0.15) is 0 Å². The number of rotatable bonds is 5. The average Bonchev–Trinajstić information content (AvgIpc) is 2.56. The van der Waals surface area contributed by atoms with Gasteiger partial charge < -0.3 is 15.8 Å². The lowest BCUT2D eigenvalue weighted by Gasteiger charge is -2.23. The molecule has 2 aromatic rings. The van der Waals surface area contributed by atoms with E-state index in [2.05, 4.69) is 62.3 Å². The molecule has 2 aromatic carbocycles. The fourth-order valence-corrected chi connectivity index (χ4v) is 2.42. The fourth-order valence-electron chi connectivity index (χ4n) is 2.42. The van der Waals surface area contributed by atoms with E-state index in [1.807, 2.05) is 18.2 Å². The molecule has 0 saturated carbocycles. The van der Waals surface area contributed by atoms with Gasteiger partial charge in [-0.1, -0.05) is 32.0 Å². The molecule has 3 N–H and O–H groups in total. The number of aliphatic imine (C=N–C) groups is 1. The Hall–Kier alpha value is -1.76. The van der Waals surface area contributed by atoms with Gasteiger partial charge in [0.2, 0.25) is 0 Å². The van der Waals surface area contributed by atoms with Crippen molar-refractivity contribution in [1.29, 1.82) is 0 Å². The molecule has 25 heavy (non-hydrogen) atoms. The second-order valence-electron chi connectivity index (χ2n) is 6.74. The van der Waals surface area contributed by atoms with Crippen LogP contribution in [0, 0.1) is 13.8 Å². The summed E-state index contributed by atoms with van der Waals surface area (Å²) in [5.74, 6) is 1.29. The first-order valence-electron chi connectivity index (χ1n) is 8.10. The standard InChI is InChI=1S/C20H27N3O.HI/c1-14-6-9-17(12-15(14)2)23-19(21)22-13-20(3,4)16-7-10-18(24-5)11-8-16;/h6-12H,13H2,1-5H3,(H3,21,22,23);1H. The zero-order chi connectivity index (χ0) is 17.7. The van der Waals surface area contributed by atoms with Crippen LogP contribution in [0.25, 0.3) is 0 Å². The van der Waals surface area contributed by atoms with Crippen LogP contribution in [0.2, 0.25) is 0 Å². The van der Waals surface area contributed by atoms with Crippen LogP contribution < -0.4 is 15.8 Å². The first kappa shape index (κ1) is 21.3. The molecular weight excluding hydrogens is 425 g/mol. The molecule has 0 spiro atoms. The molecule has 0 radical (unpaired) electrons. The molecule has 0 amide bonds. The number of halogens is 1. The number of benzene rings is 2. The Morgan fingerprint density at radius 2 is 1.72 bits per heavy atom. The smallest absolute Gasteiger partial charge is 0.193 e. The minimum Gasteiger partial charge on any atom is -0.497 e. The summed E-state index contributed by atoms with van der Waals surface area (Å²) in [7, 11) is 1.67. The third-order valence-electron chi connectivity index (χ3n) is 4.30. The number of methoxy groups -OCH3 is 1. The Balaban J connectivity index is 0.00000312. The van der Waals surface area contributed by atoms with Crippen molar-refractivity contribution in [2.75, 3.05) is 19.0 Å². The summed E-state index contributed by atoms with van der Waals surface area (Å²) < 4.78 is 5.21. The van der Waals surface area contributed by atoms with E-state index >= 15 is 0 Å². The van der Waals surface area contributed by atoms with Gasteiger partial charge in [-0.15, -0.1) is 24.0 Å². The molecule has 0 heterocycles. The van der Waals surface area contributed by atoms with Crippen molar-refractivity contribution in [1.82, 2.24) is 0 Å². The maximum absolute atomic E-state index is 6.04. The number of hydrogen-bond acceptors (Lipinski definition) is 2. The summed E-state index contributed by atoms with van der Waals surface area (Å²) in [6.45, 7) is 9.08. The van der Waals surface area contributed by atoms with E-state index in [1.54, 1.807) is 7.11 Å². The Labute approximate surface area is 167 Å². The molecule has 0 aliphatic heterocycles. The highest BCUT2D eigenvalue weighted by Crippen LogP contribution is 2.25. The number of nitrogens with zero attached hydrogens (tertiary/aromatic N) is 1. The van der Waals surface area contributed by atoms with Gasteiger partial charge in [0.1, 0.15) is 5.75 Å². The number of anilines is 1. The van der Waals surface area contributed by atoms with Gasteiger partial charge in [-0.05, 0) is 54.8 Å². The van der Waals surface area contributed by atoms with Crippen LogP contribution >= 0.6 is 24.0 Å². The third-order valence-corrected chi connectivity index (χ3v) is 4.30. The number of nitrogens with one attached hydrogen (secondary N) is 1. The van der Waals surface area contributed by atoms with Crippen molar-refractivity contribution < 1.29 is 4.74 Å². The molecule has 0 atom stereocenters. The van der Waals surface area contributed by atoms with Crippen LogP contribution in [0.4, 0.5) is 5.69 Å². The van der Waals surface area contributed by atoms with Crippen LogP contribution in [0.5, 0.6) is 5.75 Å². The van der Waals surface area contributed by atoms with Crippen molar-refractivity contribution in [2.24, 2.45) is 10.7 Å². The highest BCUT2D eigenvalue weighted by Gasteiger charge is 2.20. The van der Waals surface area contributed by atoms with Crippen LogP contribution in [-0.2, 0) is 5.41 Å². The Bertz CT molecular complexity index is 724. The van der Waals surface area contributed by atoms with Gasteiger partial charge in [-0.3, -0.25) is 4.99 Å². The Kier molecular flexibility index (Phi) is 7.73. The lowest BCUT2D eigenvalue weighted by atomic mass is 9.85. The number of hydrogen-bond donors (Lipinski definition) is 2. The van der Waals surface area contributed by atoms with Crippen LogP contribution in [0.1, 0.15) is 30.5 Å². The topological polar surface area (TPSA) is 59.6 Å². The Morgan fingerprint density at radius 1 is 1.08 bits per heavy atom. The summed E-state index contributed by atoms with van der Waals surface area (Å²) in [6, 6.07) is 14.2. The average molecular weight is 453 g/mol. The summed E-state index contributed by atoms with van der Waals surface area (Å²) in [5, 5.41) is 3.16. The van der Waals surface area contributed by atoms with E-state index in [0.717, 1.165) is 11.4 Å². The first-order valence-corrected chi connectivity index (χ1v) is 8.10. The highest BCUT2D eigenvalue weighted by molar-refractivity contribution is 14.0. The maximum atomic E-state index is 6.04. The number of ether oxygens (including phenoxy) is 1. The zero-order valence-corrected chi connectivity index (χ0v) is 17.9. The normalized spacial score (nSPS) is 11.6. The lowest BCUT2D eigenvalue weighted by Crippen LogP contribution is -2.27. The predicted molar refractivity (Wildman–Crippen MR) is 117 cm³/mol. The number of aryl methyl sites for hydroxylation is 2. The van der Waals surface area contributed by atoms with E-state index in [9.17, 15) is 0 Å². The van der Waals surface area contributed by atoms with E-state index in [4.69, 9.17) is 10.5 Å². The van der Waals surface area contributed by atoms with Crippen molar-refractivity contribution in [3.63, 3.8) is 0 Å². The second-order valence-corrected chi connectivity index (χ2v) is 6.74. The largest absolute Gasteiger partial charge is 0.497 e. The van der Waals surface area contributed by atoms with Gasteiger partial charge in [0.05, 0.1) is 13.7 Å². The molecular formula is C20H28IN3O. The van der Waals surface area contributed by atoms with Crippen molar-refractivity contribution in [3.05, 3.63) is 59.2 Å². The van der Waals surface area contributed by atoms with Crippen molar-refractivity contribution >= 4 is 35.6 Å². The van der Waals surface area contributed by atoms with Gasteiger partial charge in [0, 0.05) is 11.1 Å². The van der Waals surface area contributed by atoms with Crippen LogP contribution in [0.3, 0.4) is 0 Å². The molecule has 0 fully saturated rings. The van der Waals surface area contributed by atoms with Crippen LogP contribution in [-0.4, -0.2) is 19.6 Å². The molecule has 5 heteroatoms. The minimum absolute atomic E-state index is 0. The van der Waals surface area contributed by atoms with Crippen molar-refractivity contribution in [2.45, 2.75) is 33.1 Å². The quantitative estimate of drug-likeness (QED) is 0.394. The summed E-state index contributed by atoms with van der Waals surface area (Å²) in [6.07, 6.45) is 0. The summed E-state index contributed by atoms with van der Waals surface area (Å²) in [4.78, 5) is 4.51. The van der Waals surface area contributed by atoms with Gasteiger partial charge in [-0.25, -0.2) is 0 Å². The summed E-state index contributed by atoms with van der Waals surface area (Å²) in [5.41, 5.74) is 10.6. The Morgan fingerprint density at radius 3 is 2.28 bits per heavy atom. The fraction of sp³-hybridized carbons (Fsp3) is 0.350. The third kappa shape index (κ3) is 5.92. The molecule has 4 nitrogen and oxygen atoms in total. The SMILES string of the molecule is COc1ccc(C(C)(C)CN=C(N)Nc2ccc(C)c(C)c2)cc1.I. The number of guanidine groups is 1. The van der Waals surface area contributed by atoms with Gasteiger partial charge in [0.25, 0.3) is 0 Å². The van der Waals surface area contributed by atoms with E-state index < -0.39 is 0 Å². The minimum atomic E-state index is -0.109. The zero-order valence-electron chi connectivity index (χ0n) is 15.6. The molecule has 0 aliphatic carbocycles. The molecule has 0 unspecified atom stereocenters. The van der Waals surface area contributed by atoms with Gasteiger partial charge in [0.15, 0.2) is 5.96 Å². The van der Waals surface area contributed by atoms with Gasteiger partial charge >= 0.3 is 0 Å². The second kappa shape index (κ2) is 9.08. The first-order chi connectivity index (χ1) is 11.3. The molecule has 0 bridgehead atoms. The monoisotopic (exact) mass is 453 g/mol. The highest BCUT2D eigenvalue weighted by atomic mass is 127. The van der Waals surface area contributed by atoms with Crippen molar-refractivity contribution in [3.8, 4) is 5.75 Å². The molecule has 0 aromatic heterocycles. The van der Waals surface area contributed by atoms with Crippen LogP contribution in [0.15, 0.2) is 47.5 Å². The summed E-state index contributed by atoms with van der Waals surface area (Å²) >= 11 is 0. The predicted octanol–water partition coefficient (Wildman–Crippen LogP) is 4.63. The number of nitrogens with two attached hydrogens (primary N) is 1. The van der Waals surface area contributed by atoms with E-state index in [0.29, 0.717) is 12.5 Å². The maximum Gasteiger partial charge on any atom is 0.193 e. The lowest BCUT2D eigenvalue weighted by molar-refractivity contribution is 0.414. The molecule has 136 valence electrons. The van der Waals surface area contributed by atoms with E-state index in [-0.39, 0.29) is 29.4 Å².